The van der Waals surface area contributed by atoms with Crippen LogP contribution in [0.3, 0.4) is 0 Å². The van der Waals surface area contributed by atoms with Crippen molar-refractivity contribution in [2.75, 3.05) is 18.1 Å². The molecule has 15 nitrogen and oxygen atoms in total. The Hall–Kier alpha value is -3.96. The highest BCUT2D eigenvalue weighted by Crippen LogP contribution is 2.35. The summed E-state index contributed by atoms with van der Waals surface area (Å²) >= 11 is 1.58. The molecule has 4 amide bonds. The fourth-order valence-corrected chi connectivity index (χ4v) is 9.61. The van der Waals surface area contributed by atoms with Gasteiger partial charge in [0.15, 0.2) is 9.84 Å². The van der Waals surface area contributed by atoms with Crippen molar-refractivity contribution in [2.24, 2.45) is 16.6 Å². The van der Waals surface area contributed by atoms with Crippen LogP contribution in [0.15, 0.2) is 40.4 Å². The molecule has 3 aliphatic rings. The topological polar surface area (TPSA) is 224 Å². The number of nitrogens with zero attached hydrogens (tertiary/aromatic N) is 5. The minimum atomic E-state index is -3.58. The molecule has 0 radical (unpaired) electrons. The van der Waals surface area contributed by atoms with E-state index in [1.807, 2.05) is 0 Å². The molecule has 2 aromatic rings. The molecule has 2 aliphatic heterocycles. The second-order valence-electron chi connectivity index (χ2n) is 15.1. The number of hydrogen-bond donors (Lipinski definition) is 3. The lowest BCUT2D eigenvalue weighted by molar-refractivity contribution is -0.143. The molecule has 288 valence electrons. The summed E-state index contributed by atoms with van der Waals surface area (Å²) < 4.78 is 26.8. The van der Waals surface area contributed by atoms with Crippen LogP contribution in [0.2, 0.25) is 0 Å². The average molecular weight is 772 g/mol. The molecule has 1 saturated carbocycles. The van der Waals surface area contributed by atoms with Gasteiger partial charge in [-0.15, -0.1) is 5.10 Å². The molecule has 1 aliphatic carbocycles. The van der Waals surface area contributed by atoms with Crippen molar-refractivity contribution >= 4 is 56.7 Å². The van der Waals surface area contributed by atoms with Crippen LogP contribution in [0.25, 0.3) is 0 Å². The van der Waals surface area contributed by atoms with Crippen molar-refractivity contribution < 1.29 is 37.5 Å². The number of likely N-dealkylation sites (tertiary alicyclic amines) is 1. The monoisotopic (exact) mass is 771 g/mol. The Balaban J connectivity index is 1.52. The Morgan fingerprint density at radius 1 is 1.08 bits per heavy atom. The summed E-state index contributed by atoms with van der Waals surface area (Å²) in [7, 11) is -3.58. The predicted molar refractivity (Wildman–Crippen MR) is 198 cm³/mol. The fraction of sp³-hybridized carbons (Fsp3) is 0.611. The molecule has 1 aromatic heterocycles. The average Bonchev–Trinajstić information content (AvgIpc) is 3.80. The predicted octanol–water partition coefficient (Wildman–Crippen LogP) is 2.52. The first kappa shape index (κ1) is 40.2. The fourth-order valence-electron chi connectivity index (χ4n) is 7.36. The smallest absolute Gasteiger partial charge is 0.287 e. The van der Waals surface area contributed by atoms with E-state index in [1.165, 1.54) is 40.0 Å². The second kappa shape index (κ2) is 16.2. The highest BCUT2D eigenvalue weighted by molar-refractivity contribution is 7.99. The molecule has 2 atom stereocenters. The number of carbonyl (C=O) groups excluding carboxylic acids is 5. The van der Waals surface area contributed by atoms with Crippen LogP contribution < -0.4 is 11.1 Å². The van der Waals surface area contributed by atoms with E-state index in [0.717, 1.165) is 32.1 Å². The molecule has 4 N–H and O–H groups in total. The zero-order valence-corrected chi connectivity index (χ0v) is 32.2. The number of aliphatic imine (C=N–C) groups is 1. The molecule has 17 heteroatoms. The first-order valence-corrected chi connectivity index (χ1v) is 20.8. The first-order chi connectivity index (χ1) is 24.9. The summed E-state index contributed by atoms with van der Waals surface area (Å²) in [5, 5.41) is 21.2. The number of aromatic nitrogens is 3. The van der Waals surface area contributed by atoms with Crippen molar-refractivity contribution in [3.8, 4) is 0 Å². The standard InChI is InChI=1S/C36H49N7O8S2/c1-22(2)53(50,51)26-12-10-24(11-13-26)32(46)39-27(18-23-8-6-5-7-9-23)34(48)42-21-25(43-29(20-38-41-43)35(3,4)49)19-28(42)33(47)40-36(30(44)31(37)45)14-16-52-17-15-36/h10-13,20,22-23,25,28,49H,5-9,14-19,21H2,1-4H3,(H2,37,45)(H,40,47)/b39-27+/t25-,28-/m0/s1. The zero-order chi connectivity index (χ0) is 38.7. The van der Waals surface area contributed by atoms with Crippen LogP contribution in [0.1, 0.15) is 108 Å². The van der Waals surface area contributed by atoms with Gasteiger partial charge in [0.25, 0.3) is 17.7 Å². The number of Topliss-reactive ketones (excluding diaryl/α,β-unsaturated/α-hetero) is 1. The van der Waals surface area contributed by atoms with Gasteiger partial charge in [0, 0.05) is 18.5 Å². The highest BCUT2D eigenvalue weighted by atomic mass is 32.2. The molecular weight excluding hydrogens is 723 g/mol. The number of benzene rings is 1. The van der Waals surface area contributed by atoms with Gasteiger partial charge in [0.05, 0.1) is 28.1 Å². The Morgan fingerprint density at radius 3 is 2.30 bits per heavy atom. The van der Waals surface area contributed by atoms with Crippen LogP contribution >= 0.6 is 11.8 Å². The molecule has 3 heterocycles. The summed E-state index contributed by atoms with van der Waals surface area (Å²) in [5.41, 5.74) is 2.95. The third-order valence-electron chi connectivity index (χ3n) is 10.5. The van der Waals surface area contributed by atoms with Crippen LogP contribution in [0, 0.1) is 5.92 Å². The molecule has 3 fully saturated rings. The van der Waals surface area contributed by atoms with Gasteiger partial charge in [-0.1, -0.05) is 37.3 Å². The van der Waals surface area contributed by atoms with E-state index in [1.54, 1.807) is 39.5 Å². The van der Waals surface area contributed by atoms with Crippen molar-refractivity contribution in [1.82, 2.24) is 25.2 Å². The quantitative estimate of drug-likeness (QED) is 0.210. The van der Waals surface area contributed by atoms with Crippen LogP contribution in [0.5, 0.6) is 0 Å². The normalized spacial score (nSPS) is 21.4. The van der Waals surface area contributed by atoms with Gasteiger partial charge in [-0.3, -0.25) is 24.0 Å². The third-order valence-corrected chi connectivity index (χ3v) is 13.7. The summed E-state index contributed by atoms with van der Waals surface area (Å²) in [6.45, 7) is 6.20. The van der Waals surface area contributed by atoms with Gasteiger partial charge in [0.1, 0.15) is 22.9 Å². The van der Waals surface area contributed by atoms with Gasteiger partial charge < -0.3 is 21.1 Å². The van der Waals surface area contributed by atoms with Crippen LogP contribution in [-0.4, -0.2) is 103 Å². The largest absolute Gasteiger partial charge is 0.384 e. The number of thioether (sulfide) groups is 1. The number of hydrogen-bond acceptors (Lipinski definition) is 11. The van der Waals surface area contributed by atoms with E-state index in [4.69, 9.17) is 5.73 Å². The number of rotatable bonds is 12. The Bertz CT molecular complexity index is 1860. The molecule has 0 spiro atoms. The van der Waals surface area contributed by atoms with E-state index in [9.17, 15) is 37.5 Å². The summed E-state index contributed by atoms with van der Waals surface area (Å²) in [6.07, 6.45) is 6.62. The van der Waals surface area contributed by atoms with Crippen molar-refractivity contribution in [1.29, 1.82) is 0 Å². The van der Waals surface area contributed by atoms with Crippen molar-refractivity contribution in [3.63, 3.8) is 0 Å². The van der Waals surface area contributed by atoms with E-state index in [0.29, 0.717) is 17.2 Å². The van der Waals surface area contributed by atoms with E-state index >= 15 is 0 Å². The van der Waals surface area contributed by atoms with Crippen LogP contribution in [-0.2, 0) is 34.6 Å². The zero-order valence-electron chi connectivity index (χ0n) is 30.6. The molecule has 5 rings (SSSR count). The van der Waals surface area contributed by atoms with E-state index in [2.05, 4.69) is 20.6 Å². The molecular formula is C36H49N7O8S2. The van der Waals surface area contributed by atoms with Crippen molar-refractivity contribution in [2.45, 2.75) is 119 Å². The maximum atomic E-state index is 14.7. The Kier molecular flexibility index (Phi) is 12.3. The summed E-state index contributed by atoms with van der Waals surface area (Å²) in [5.74, 6) is -3.04. The van der Waals surface area contributed by atoms with E-state index in [-0.39, 0.29) is 54.3 Å². The number of nitrogens with two attached hydrogens (primary N) is 1. The Labute approximate surface area is 313 Å². The SMILES string of the molecule is CC(C)S(=O)(=O)c1ccc(C(=O)/N=C(\CC2CCCCC2)C(=O)N2C[C@@H](n3nncc3C(C)(C)O)C[C@H]2C(=O)NC2(C(=O)C(N)=O)CCSCC2)cc1. The van der Waals surface area contributed by atoms with E-state index < -0.39 is 67.7 Å². The summed E-state index contributed by atoms with van der Waals surface area (Å²) in [4.78, 5) is 73.7. The lowest BCUT2D eigenvalue weighted by Gasteiger charge is -2.37. The number of sulfone groups is 1. The maximum Gasteiger partial charge on any atom is 0.287 e. The molecule has 0 bridgehead atoms. The molecule has 53 heavy (non-hydrogen) atoms. The second-order valence-corrected chi connectivity index (χ2v) is 18.8. The summed E-state index contributed by atoms with van der Waals surface area (Å²) in [6, 6.07) is 3.62. The number of aliphatic hydroxyl groups is 1. The number of nitrogens with one attached hydrogen (secondary N) is 1. The maximum absolute atomic E-state index is 14.7. The molecule has 1 aromatic carbocycles. The lowest BCUT2D eigenvalue weighted by Crippen LogP contribution is -2.63. The molecule has 2 saturated heterocycles. The lowest BCUT2D eigenvalue weighted by atomic mass is 9.85. The number of amides is 4. The highest BCUT2D eigenvalue weighted by Gasteiger charge is 2.49. The van der Waals surface area contributed by atoms with Crippen molar-refractivity contribution in [3.05, 3.63) is 41.7 Å². The number of primary amides is 1. The molecule has 0 unspecified atom stereocenters. The Morgan fingerprint density at radius 2 is 1.72 bits per heavy atom. The number of ketones is 1. The third kappa shape index (κ3) is 8.89. The minimum Gasteiger partial charge on any atom is -0.384 e. The number of carbonyl (C=O) groups is 5. The van der Waals surface area contributed by atoms with Gasteiger partial charge in [-0.05, 0) is 88.6 Å². The van der Waals surface area contributed by atoms with Gasteiger partial charge in [-0.2, -0.15) is 11.8 Å². The van der Waals surface area contributed by atoms with Crippen LogP contribution in [0.4, 0.5) is 0 Å². The van der Waals surface area contributed by atoms with Gasteiger partial charge in [-0.25, -0.2) is 18.1 Å². The minimum absolute atomic E-state index is 0.0239. The van der Waals surface area contributed by atoms with Gasteiger partial charge >= 0.3 is 0 Å². The van der Waals surface area contributed by atoms with Gasteiger partial charge in [0.2, 0.25) is 11.7 Å². The first-order valence-electron chi connectivity index (χ1n) is 18.1.